The fourth-order valence-corrected chi connectivity index (χ4v) is 3.22. The van der Waals surface area contributed by atoms with Gasteiger partial charge in [-0.3, -0.25) is 9.59 Å². The highest BCUT2D eigenvalue weighted by Crippen LogP contribution is 2.50. The molecule has 1 heterocycles. The van der Waals surface area contributed by atoms with Crippen molar-refractivity contribution in [3.63, 3.8) is 0 Å². The van der Waals surface area contributed by atoms with Crippen LogP contribution in [0.4, 0.5) is 0 Å². The lowest BCUT2D eigenvalue weighted by Crippen LogP contribution is -2.16. The quantitative estimate of drug-likeness (QED) is 0.587. The molecule has 0 atom stereocenters. The second kappa shape index (κ2) is 7.40. The zero-order valence-corrected chi connectivity index (χ0v) is 16.0. The van der Waals surface area contributed by atoms with Crippen molar-refractivity contribution in [3.8, 4) is 23.0 Å². The molecule has 0 saturated carbocycles. The van der Waals surface area contributed by atoms with E-state index in [1.54, 1.807) is 12.1 Å². The molecule has 2 aromatic carbocycles. The number of hydrogen-bond donors (Lipinski definition) is 0. The summed E-state index contributed by atoms with van der Waals surface area (Å²) in [5.41, 5.74) is 3.13. The van der Waals surface area contributed by atoms with Gasteiger partial charge >= 0.3 is 11.9 Å². The molecule has 1 aliphatic rings. The zero-order valence-electron chi connectivity index (χ0n) is 16.0. The van der Waals surface area contributed by atoms with Crippen LogP contribution in [0.25, 0.3) is 0 Å². The lowest BCUT2D eigenvalue weighted by atomic mass is 9.93. The zero-order chi connectivity index (χ0) is 19.7. The van der Waals surface area contributed by atoms with Crippen LogP contribution < -0.4 is 14.2 Å². The first-order valence-corrected chi connectivity index (χ1v) is 8.76. The highest BCUT2D eigenvalue weighted by molar-refractivity contribution is 5.72. The summed E-state index contributed by atoms with van der Waals surface area (Å²) in [4.78, 5) is 22.7. The molecule has 0 fully saturated rings. The van der Waals surface area contributed by atoms with Crippen LogP contribution in [0.5, 0.6) is 23.0 Å². The molecule has 0 spiro atoms. The largest absolute Gasteiger partial charge is 0.456 e. The molecular weight excluding hydrogens is 348 g/mol. The van der Waals surface area contributed by atoms with Crippen molar-refractivity contribution in [3.05, 3.63) is 46.5 Å². The van der Waals surface area contributed by atoms with E-state index in [4.69, 9.17) is 18.9 Å². The number of rotatable bonds is 4. The highest BCUT2D eigenvalue weighted by atomic mass is 16.5. The van der Waals surface area contributed by atoms with Crippen LogP contribution in [-0.4, -0.2) is 18.5 Å². The minimum absolute atomic E-state index is 0.330. The monoisotopic (exact) mass is 370 g/mol. The number of benzene rings is 2. The Morgan fingerprint density at radius 1 is 0.889 bits per heavy atom. The third-order valence-electron chi connectivity index (χ3n) is 4.38. The number of hydrogen-bond acceptors (Lipinski definition) is 6. The molecule has 0 amide bonds. The molecule has 0 aromatic heterocycles. The van der Waals surface area contributed by atoms with Gasteiger partial charge in [-0.15, -0.1) is 0 Å². The number of ether oxygens (including phenoxy) is 4. The second-order valence-electron chi connectivity index (χ2n) is 6.34. The first kappa shape index (κ1) is 18.9. The standard InChI is InChI=1S/C21H22O6/c1-6-24-21-15-7-9-17(25-13(4)22)11(2)19(15)27-20-12(3)18(26-14(5)23)10-8-16(20)21/h7-10,21H,6H2,1-5H3. The topological polar surface area (TPSA) is 71.1 Å². The molecule has 0 radical (unpaired) electrons. The molecule has 0 N–H and O–H groups in total. The molecule has 0 bridgehead atoms. The van der Waals surface area contributed by atoms with E-state index in [-0.39, 0.29) is 6.10 Å². The van der Waals surface area contributed by atoms with Crippen LogP contribution in [0.3, 0.4) is 0 Å². The van der Waals surface area contributed by atoms with E-state index < -0.39 is 11.9 Å². The Morgan fingerprint density at radius 2 is 1.33 bits per heavy atom. The molecule has 1 aliphatic heterocycles. The van der Waals surface area contributed by atoms with Gasteiger partial charge in [-0.05, 0) is 45.0 Å². The number of carbonyl (C=O) groups is 2. The summed E-state index contributed by atoms with van der Waals surface area (Å²) in [5.74, 6) is 1.25. The molecule has 0 saturated heterocycles. The lowest BCUT2D eigenvalue weighted by Gasteiger charge is -2.31. The van der Waals surface area contributed by atoms with E-state index in [1.165, 1.54) is 13.8 Å². The predicted octanol–water partition coefficient (Wildman–Crippen LogP) is 4.39. The molecule has 3 rings (SSSR count). The molecule has 6 nitrogen and oxygen atoms in total. The van der Waals surface area contributed by atoms with Gasteiger partial charge in [0.05, 0.1) is 0 Å². The number of esters is 2. The second-order valence-corrected chi connectivity index (χ2v) is 6.34. The average molecular weight is 370 g/mol. The van der Waals surface area contributed by atoms with Gasteiger partial charge in [0, 0.05) is 42.7 Å². The van der Waals surface area contributed by atoms with Crippen molar-refractivity contribution in [1.29, 1.82) is 0 Å². The molecular formula is C21H22O6. The summed E-state index contributed by atoms with van der Waals surface area (Å²) < 4.78 is 22.7. The van der Waals surface area contributed by atoms with E-state index in [0.29, 0.717) is 40.7 Å². The lowest BCUT2D eigenvalue weighted by molar-refractivity contribution is -0.132. The van der Waals surface area contributed by atoms with Crippen molar-refractivity contribution in [2.45, 2.75) is 40.7 Å². The maximum atomic E-state index is 11.4. The highest BCUT2D eigenvalue weighted by Gasteiger charge is 2.32. The molecule has 6 heteroatoms. The Hall–Kier alpha value is -2.86. The maximum Gasteiger partial charge on any atom is 0.308 e. The average Bonchev–Trinajstić information content (AvgIpc) is 2.60. The summed E-state index contributed by atoms with van der Waals surface area (Å²) in [6.45, 7) is 8.81. The minimum atomic E-state index is -0.399. The Morgan fingerprint density at radius 3 is 1.70 bits per heavy atom. The molecule has 142 valence electrons. The van der Waals surface area contributed by atoms with E-state index in [0.717, 1.165) is 11.1 Å². The van der Waals surface area contributed by atoms with Gasteiger partial charge in [0.15, 0.2) is 0 Å². The van der Waals surface area contributed by atoms with E-state index in [9.17, 15) is 9.59 Å². The van der Waals surface area contributed by atoms with Gasteiger partial charge in [0.1, 0.15) is 29.1 Å². The van der Waals surface area contributed by atoms with Crippen molar-refractivity contribution in [2.75, 3.05) is 6.61 Å². The van der Waals surface area contributed by atoms with E-state index in [1.807, 2.05) is 32.9 Å². The summed E-state index contributed by atoms with van der Waals surface area (Å²) in [5, 5.41) is 0. The van der Waals surface area contributed by atoms with Crippen LogP contribution in [0.1, 0.15) is 49.1 Å². The van der Waals surface area contributed by atoms with Crippen molar-refractivity contribution in [2.24, 2.45) is 0 Å². The molecule has 0 aliphatic carbocycles. The summed E-state index contributed by atoms with van der Waals surface area (Å²) in [6.07, 6.45) is -0.330. The van der Waals surface area contributed by atoms with Crippen LogP contribution in [0, 0.1) is 13.8 Å². The van der Waals surface area contributed by atoms with E-state index >= 15 is 0 Å². The Balaban J connectivity index is 2.15. The molecule has 27 heavy (non-hydrogen) atoms. The SMILES string of the molecule is CCOC1c2ccc(OC(C)=O)c(C)c2Oc2c1ccc(OC(C)=O)c2C. The normalized spacial score (nSPS) is 12.6. The van der Waals surface area contributed by atoms with Crippen molar-refractivity contribution < 1.29 is 28.5 Å². The predicted molar refractivity (Wildman–Crippen MR) is 98.5 cm³/mol. The van der Waals surface area contributed by atoms with Gasteiger partial charge < -0.3 is 18.9 Å². The van der Waals surface area contributed by atoms with Crippen LogP contribution in [0.2, 0.25) is 0 Å². The third-order valence-corrected chi connectivity index (χ3v) is 4.38. The van der Waals surface area contributed by atoms with Gasteiger partial charge in [0.2, 0.25) is 0 Å². The Labute approximate surface area is 158 Å². The van der Waals surface area contributed by atoms with Gasteiger partial charge in [-0.1, -0.05) is 0 Å². The maximum absolute atomic E-state index is 11.4. The van der Waals surface area contributed by atoms with Crippen LogP contribution in [-0.2, 0) is 14.3 Å². The fourth-order valence-electron chi connectivity index (χ4n) is 3.22. The van der Waals surface area contributed by atoms with Crippen molar-refractivity contribution in [1.82, 2.24) is 0 Å². The third kappa shape index (κ3) is 3.53. The fraction of sp³-hybridized carbons (Fsp3) is 0.333. The van der Waals surface area contributed by atoms with Gasteiger partial charge in [-0.25, -0.2) is 0 Å². The molecule has 0 unspecified atom stereocenters. The van der Waals surface area contributed by atoms with E-state index in [2.05, 4.69) is 0 Å². The Kier molecular flexibility index (Phi) is 5.19. The summed E-state index contributed by atoms with van der Waals surface area (Å²) >= 11 is 0. The van der Waals surface area contributed by atoms with Crippen LogP contribution >= 0.6 is 0 Å². The van der Waals surface area contributed by atoms with Crippen molar-refractivity contribution >= 4 is 11.9 Å². The smallest absolute Gasteiger partial charge is 0.308 e. The number of carbonyl (C=O) groups excluding carboxylic acids is 2. The summed E-state index contributed by atoms with van der Waals surface area (Å²) in [6, 6.07) is 7.18. The minimum Gasteiger partial charge on any atom is -0.456 e. The van der Waals surface area contributed by atoms with Gasteiger partial charge in [-0.2, -0.15) is 0 Å². The first-order valence-electron chi connectivity index (χ1n) is 8.76. The summed E-state index contributed by atoms with van der Waals surface area (Å²) in [7, 11) is 0. The first-order chi connectivity index (χ1) is 12.8. The van der Waals surface area contributed by atoms with Crippen LogP contribution in [0.15, 0.2) is 24.3 Å². The number of fused-ring (bicyclic) bond motifs is 2. The Bertz CT molecular complexity index is 844. The molecule has 2 aromatic rings. The van der Waals surface area contributed by atoms with Gasteiger partial charge in [0.25, 0.3) is 0 Å².